The predicted molar refractivity (Wildman–Crippen MR) is 81.5 cm³/mol. The van der Waals surface area contributed by atoms with E-state index in [0.29, 0.717) is 25.7 Å². The van der Waals surface area contributed by atoms with Crippen LogP contribution in [0.15, 0.2) is 18.2 Å². The van der Waals surface area contributed by atoms with Crippen LogP contribution in [-0.4, -0.2) is 33.5 Å². The number of nitrogens with two attached hydrogens (primary N) is 1. The summed E-state index contributed by atoms with van der Waals surface area (Å²) in [5.41, 5.74) is 6.70. The van der Waals surface area contributed by atoms with Crippen LogP contribution in [0.25, 0.3) is 0 Å². The van der Waals surface area contributed by atoms with Gasteiger partial charge in [-0.15, -0.1) is 0 Å². The quantitative estimate of drug-likeness (QED) is 0.670. The molecule has 1 aromatic rings. The van der Waals surface area contributed by atoms with E-state index in [-0.39, 0.29) is 0 Å². The SMILES string of the molecule is COc1ccc(OCCOCCC(C)C)c(CCN)c1. The van der Waals surface area contributed by atoms with Gasteiger partial charge in [0.2, 0.25) is 0 Å². The van der Waals surface area contributed by atoms with Gasteiger partial charge >= 0.3 is 0 Å². The van der Waals surface area contributed by atoms with Crippen LogP contribution in [0.2, 0.25) is 0 Å². The molecule has 0 bridgehead atoms. The number of methoxy groups -OCH3 is 1. The minimum Gasteiger partial charge on any atom is -0.497 e. The van der Waals surface area contributed by atoms with Crippen LogP contribution in [0.5, 0.6) is 11.5 Å². The fourth-order valence-electron chi connectivity index (χ4n) is 1.81. The first-order chi connectivity index (χ1) is 9.67. The molecule has 4 heteroatoms. The largest absolute Gasteiger partial charge is 0.497 e. The van der Waals surface area contributed by atoms with Gasteiger partial charge in [0.1, 0.15) is 18.1 Å². The Kier molecular flexibility index (Phi) is 8.07. The van der Waals surface area contributed by atoms with E-state index in [4.69, 9.17) is 19.9 Å². The Hall–Kier alpha value is -1.26. The third-order valence-electron chi connectivity index (χ3n) is 3.01. The summed E-state index contributed by atoms with van der Waals surface area (Å²) in [5.74, 6) is 2.37. The van der Waals surface area contributed by atoms with Crippen molar-refractivity contribution in [1.29, 1.82) is 0 Å². The fourth-order valence-corrected chi connectivity index (χ4v) is 1.81. The van der Waals surface area contributed by atoms with Gasteiger partial charge in [-0.2, -0.15) is 0 Å². The molecule has 0 heterocycles. The van der Waals surface area contributed by atoms with Crippen molar-refractivity contribution < 1.29 is 14.2 Å². The number of rotatable bonds is 10. The molecular formula is C16H27NO3. The van der Waals surface area contributed by atoms with Gasteiger partial charge in [-0.05, 0) is 49.1 Å². The van der Waals surface area contributed by atoms with Crippen molar-refractivity contribution in [1.82, 2.24) is 0 Å². The highest BCUT2D eigenvalue weighted by molar-refractivity contribution is 5.40. The van der Waals surface area contributed by atoms with Gasteiger partial charge in [0, 0.05) is 6.61 Å². The van der Waals surface area contributed by atoms with E-state index in [1.807, 2.05) is 18.2 Å². The molecule has 0 aliphatic rings. The summed E-state index contributed by atoms with van der Waals surface area (Å²) in [4.78, 5) is 0. The molecule has 0 aliphatic heterocycles. The highest BCUT2D eigenvalue weighted by Crippen LogP contribution is 2.24. The van der Waals surface area contributed by atoms with Crippen molar-refractivity contribution in [2.24, 2.45) is 11.7 Å². The summed E-state index contributed by atoms with van der Waals surface area (Å²) in [6.45, 7) is 6.93. The van der Waals surface area contributed by atoms with Crippen LogP contribution in [-0.2, 0) is 11.2 Å². The minimum absolute atomic E-state index is 0.558. The van der Waals surface area contributed by atoms with E-state index < -0.39 is 0 Å². The van der Waals surface area contributed by atoms with Gasteiger partial charge in [0.25, 0.3) is 0 Å². The van der Waals surface area contributed by atoms with Gasteiger partial charge < -0.3 is 19.9 Å². The maximum atomic E-state index is 5.76. The number of ether oxygens (including phenoxy) is 3. The molecule has 0 saturated heterocycles. The average molecular weight is 281 g/mol. The van der Waals surface area contributed by atoms with Gasteiger partial charge in [0.15, 0.2) is 0 Å². The Morgan fingerprint density at radius 3 is 2.60 bits per heavy atom. The second-order valence-corrected chi connectivity index (χ2v) is 5.16. The van der Waals surface area contributed by atoms with Crippen LogP contribution < -0.4 is 15.2 Å². The van der Waals surface area contributed by atoms with Crippen molar-refractivity contribution in [2.45, 2.75) is 26.7 Å². The molecule has 1 rings (SSSR count). The molecule has 0 aromatic heterocycles. The molecule has 0 unspecified atom stereocenters. The van der Waals surface area contributed by atoms with Crippen LogP contribution in [0.1, 0.15) is 25.8 Å². The summed E-state index contributed by atoms with van der Waals surface area (Å²) < 4.78 is 16.5. The van der Waals surface area contributed by atoms with Gasteiger partial charge in [-0.3, -0.25) is 0 Å². The summed E-state index contributed by atoms with van der Waals surface area (Å²) in [7, 11) is 1.66. The molecule has 0 aliphatic carbocycles. The highest BCUT2D eigenvalue weighted by atomic mass is 16.5. The zero-order chi connectivity index (χ0) is 14.8. The molecule has 0 saturated carbocycles. The fraction of sp³-hybridized carbons (Fsp3) is 0.625. The first-order valence-electron chi connectivity index (χ1n) is 7.25. The lowest BCUT2D eigenvalue weighted by atomic mass is 10.1. The third-order valence-corrected chi connectivity index (χ3v) is 3.01. The zero-order valence-electron chi connectivity index (χ0n) is 12.9. The lowest BCUT2D eigenvalue weighted by Gasteiger charge is -2.13. The zero-order valence-corrected chi connectivity index (χ0v) is 12.9. The maximum Gasteiger partial charge on any atom is 0.122 e. The second kappa shape index (κ2) is 9.61. The van der Waals surface area contributed by atoms with Crippen molar-refractivity contribution in [3.8, 4) is 11.5 Å². The van der Waals surface area contributed by atoms with Crippen LogP contribution >= 0.6 is 0 Å². The molecule has 2 N–H and O–H groups in total. The number of hydrogen-bond acceptors (Lipinski definition) is 4. The van der Waals surface area contributed by atoms with Crippen LogP contribution in [0.4, 0.5) is 0 Å². The molecule has 0 radical (unpaired) electrons. The molecule has 0 fully saturated rings. The monoisotopic (exact) mass is 281 g/mol. The lowest BCUT2D eigenvalue weighted by Crippen LogP contribution is -2.11. The summed E-state index contributed by atoms with van der Waals surface area (Å²) in [6.07, 6.45) is 1.86. The predicted octanol–water partition coefficient (Wildman–Crippen LogP) is 2.64. The summed E-state index contributed by atoms with van der Waals surface area (Å²) in [5, 5.41) is 0. The molecular weight excluding hydrogens is 254 g/mol. The van der Waals surface area contributed by atoms with Crippen molar-refractivity contribution in [2.75, 3.05) is 33.5 Å². The van der Waals surface area contributed by atoms with Crippen LogP contribution in [0, 0.1) is 5.92 Å². The third kappa shape index (κ3) is 6.26. The van der Waals surface area contributed by atoms with E-state index in [0.717, 1.165) is 36.5 Å². The van der Waals surface area contributed by atoms with Crippen LogP contribution in [0.3, 0.4) is 0 Å². The van der Waals surface area contributed by atoms with Gasteiger partial charge in [-0.25, -0.2) is 0 Å². The smallest absolute Gasteiger partial charge is 0.122 e. The molecule has 20 heavy (non-hydrogen) atoms. The Balaban J connectivity index is 2.38. The first kappa shape index (κ1) is 16.8. The standard InChI is InChI=1S/C16H27NO3/c1-13(2)7-9-19-10-11-20-16-5-4-15(18-3)12-14(16)6-8-17/h4-5,12-13H,6-11,17H2,1-3H3. The Bertz CT molecular complexity index is 380. The van der Waals surface area contributed by atoms with E-state index in [2.05, 4.69) is 13.8 Å². The molecule has 0 spiro atoms. The van der Waals surface area contributed by atoms with Crippen molar-refractivity contribution in [3.63, 3.8) is 0 Å². The van der Waals surface area contributed by atoms with Crippen molar-refractivity contribution >= 4 is 0 Å². The molecule has 0 atom stereocenters. The molecule has 1 aromatic carbocycles. The van der Waals surface area contributed by atoms with Gasteiger partial charge in [-0.1, -0.05) is 13.8 Å². The average Bonchev–Trinajstić information content (AvgIpc) is 2.43. The molecule has 0 amide bonds. The van der Waals surface area contributed by atoms with E-state index in [9.17, 15) is 0 Å². The highest BCUT2D eigenvalue weighted by Gasteiger charge is 2.05. The Morgan fingerprint density at radius 2 is 1.95 bits per heavy atom. The van der Waals surface area contributed by atoms with E-state index in [1.165, 1.54) is 0 Å². The Morgan fingerprint density at radius 1 is 1.15 bits per heavy atom. The minimum atomic E-state index is 0.558. The first-order valence-corrected chi connectivity index (χ1v) is 7.25. The molecule has 4 nitrogen and oxygen atoms in total. The lowest BCUT2D eigenvalue weighted by molar-refractivity contribution is 0.0923. The van der Waals surface area contributed by atoms with E-state index in [1.54, 1.807) is 7.11 Å². The topological polar surface area (TPSA) is 53.7 Å². The van der Waals surface area contributed by atoms with Gasteiger partial charge in [0.05, 0.1) is 13.7 Å². The normalized spacial score (nSPS) is 10.8. The summed E-state index contributed by atoms with van der Waals surface area (Å²) >= 11 is 0. The van der Waals surface area contributed by atoms with Crippen molar-refractivity contribution in [3.05, 3.63) is 23.8 Å². The van der Waals surface area contributed by atoms with E-state index >= 15 is 0 Å². The summed E-state index contributed by atoms with van der Waals surface area (Å²) in [6, 6.07) is 5.80. The number of benzene rings is 1. The molecule has 114 valence electrons. The Labute approximate surface area is 122 Å². The second-order valence-electron chi connectivity index (χ2n) is 5.16. The maximum absolute atomic E-state index is 5.76. The number of hydrogen-bond donors (Lipinski definition) is 1.